The van der Waals surface area contributed by atoms with E-state index < -0.39 is 11.6 Å². The molecule has 2 aromatic carbocycles. The summed E-state index contributed by atoms with van der Waals surface area (Å²) in [7, 11) is 0. The van der Waals surface area contributed by atoms with Gasteiger partial charge in [0.2, 0.25) is 0 Å². The van der Waals surface area contributed by atoms with E-state index in [1.54, 1.807) is 17.0 Å². The molecule has 1 N–H and O–H groups in total. The number of benzene rings is 2. The molecule has 1 atom stereocenters. The van der Waals surface area contributed by atoms with Crippen molar-refractivity contribution in [3.63, 3.8) is 0 Å². The van der Waals surface area contributed by atoms with Gasteiger partial charge in [0.05, 0.1) is 11.9 Å². The number of aromatic nitrogens is 1. The first-order valence-electron chi connectivity index (χ1n) is 8.62. The van der Waals surface area contributed by atoms with Gasteiger partial charge < -0.3 is 10.2 Å². The third-order valence-corrected chi connectivity index (χ3v) is 4.62. The van der Waals surface area contributed by atoms with Crippen LogP contribution in [0.2, 0.25) is 0 Å². The second kappa shape index (κ2) is 6.79. The van der Waals surface area contributed by atoms with E-state index >= 15 is 0 Å². The topological polar surface area (TPSA) is 45.2 Å². The SMILES string of the molecule is CC1Cc2ccccc2N1C(=O)c1ccc(Nc2ccc(F)c(F)c2)cn1. The Morgan fingerprint density at radius 3 is 2.59 bits per heavy atom. The van der Waals surface area contributed by atoms with Crippen molar-refractivity contribution in [2.75, 3.05) is 10.2 Å². The van der Waals surface area contributed by atoms with Crippen LogP contribution in [0.15, 0.2) is 60.8 Å². The standard InChI is InChI=1S/C21H17F2N3O/c1-13-10-14-4-2-3-5-20(14)26(13)21(27)19-9-7-16(12-24-19)25-15-6-8-17(22)18(23)11-15/h2-9,11-13,25H,10H2,1H3. The Bertz CT molecular complexity index is 1000. The number of rotatable bonds is 3. The van der Waals surface area contributed by atoms with Gasteiger partial charge in [0.15, 0.2) is 11.6 Å². The number of carbonyl (C=O) groups excluding carboxylic acids is 1. The summed E-state index contributed by atoms with van der Waals surface area (Å²) >= 11 is 0. The molecule has 0 fully saturated rings. The molecule has 1 amide bonds. The minimum Gasteiger partial charge on any atom is -0.354 e. The van der Waals surface area contributed by atoms with Crippen molar-refractivity contribution in [1.82, 2.24) is 4.98 Å². The molecule has 4 rings (SSSR count). The average Bonchev–Trinajstić information content (AvgIpc) is 3.00. The molecule has 6 heteroatoms. The van der Waals surface area contributed by atoms with Gasteiger partial charge in [-0.15, -0.1) is 0 Å². The number of nitrogens with one attached hydrogen (secondary N) is 1. The van der Waals surface area contributed by atoms with Gasteiger partial charge >= 0.3 is 0 Å². The van der Waals surface area contributed by atoms with Crippen LogP contribution in [0.3, 0.4) is 0 Å². The fourth-order valence-electron chi connectivity index (χ4n) is 3.33. The lowest BCUT2D eigenvalue weighted by Gasteiger charge is -2.22. The lowest BCUT2D eigenvalue weighted by atomic mass is 10.1. The van der Waals surface area contributed by atoms with E-state index in [0.717, 1.165) is 29.8 Å². The number of carbonyl (C=O) groups is 1. The van der Waals surface area contributed by atoms with Crippen LogP contribution >= 0.6 is 0 Å². The fraction of sp³-hybridized carbons (Fsp3) is 0.143. The van der Waals surface area contributed by atoms with Gasteiger partial charge in [-0.2, -0.15) is 0 Å². The molecule has 0 aliphatic carbocycles. The van der Waals surface area contributed by atoms with Crippen LogP contribution in [0.4, 0.5) is 25.8 Å². The van der Waals surface area contributed by atoms with Gasteiger partial charge in [-0.3, -0.25) is 4.79 Å². The smallest absolute Gasteiger partial charge is 0.277 e. The van der Waals surface area contributed by atoms with Crippen LogP contribution in [0.25, 0.3) is 0 Å². The number of nitrogens with zero attached hydrogens (tertiary/aromatic N) is 2. The van der Waals surface area contributed by atoms with E-state index in [1.165, 1.54) is 12.3 Å². The van der Waals surface area contributed by atoms with Crippen LogP contribution in [0.5, 0.6) is 0 Å². The largest absolute Gasteiger partial charge is 0.354 e. The summed E-state index contributed by atoms with van der Waals surface area (Å²) < 4.78 is 26.3. The van der Waals surface area contributed by atoms with Crippen molar-refractivity contribution in [2.24, 2.45) is 0 Å². The number of para-hydroxylation sites is 1. The maximum atomic E-state index is 13.3. The average molecular weight is 365 g/mol. The number of fused-ring (bicyclic) bond motifs is 1. The molecule has 2 heterocycles. The zero-order valence-electron chi connectivity index (χ0n) is 14.6. The highest BCUT2D eigenvalue weighted by molar-refractivity contribution is 6.06. The fourth-order valence-corrected chi connectivity index (χ4v) is 3.33. The summed E-state index contributed by atoms with van der Waals surface area (Å²) in [6.45, 7) is 2.01. The molecule has 136 valence electrons. The monoisotopic (exact) mass is 365 g/mol. The molecule has 1 aliphatic heterocycles. The number of pyridine rings is 1. The summed E-state index contributed by atoms with van der Waals surface area (Å²) in [5, 5.41) is 2.94. The number of amides is 1. The normalized spacial score (nSPS) is 15.5. The maximum Gasteiger partial charge on any atom is 0.277 e. The predicted octanol–water partition coefficient (Wildman–Crippen LogP) is 4.69. The predicted molar refractivity (Wildman–Crippen MR) is 100 cm³/mol. The molecule has 0 saturated carbocycles. The molecule has 3 aromatic rings. The molecule has 0 spiro atoms. The van der Waals surface area contributed by atoms with Gasteiger partial charge in [-0.1, -0.05) is 18.2 Å². The summed E-state index contributed by atoms with van der Waals surface area (Å²) in [5.74, 6) is -1.99. The molecule has 0 radical (unpaired) electrons. The molecule has 0 bridgehead atoms. The molecule has 4 nitrogen and oxygen atoms in total. The van der Waals surface area contributed by atoms with Crippen molar-refractivity contribution in [3.8, 4) is 0 Å². The first-order valence-corrected chi connectivity index (χ1v) is 8.62. The van der Waals surface area contributed by atoms with Crippen LogP contribution < -0.4 is 10.2 Å². The van der Waals surface area contributed by atoms with Crippen molar-refractivity contribution >= 4 is 23.0 Å². The molecular weight excluding hydrogens is 348 g/mol. The minimum atomic E-state index is -0.929. The van der Waals surface area contributed by atoms with Crippen molar-refractivity contribution < 1.29 is 13.6 Å². The molecule has 1 aliphatic rings. The number of halogens is 2. The molecule has 0 saturated heterocycles. The zero-order chi connectivity index (χ0) is 19.0. The van der Waals surface area contributed by atoms with E-state index in [-0.39, 0.29) is 11.9 Å². The Balaban J connectivity index is 1.54. The summed E-state index contributed by atoms with van der Waals surface area (Å²) in [6, 6.07) is 14.8. The first-order chi connectivity index (χ1) is 13.0. The molecule has 1 aromatic heterocycles. The van der Waals surface area contributed by atoms with Crippen LogP contribution in [-0.4, -0.2) is 16.9 Å². The van der Waals surface area contributed by atoms with Gasteiger partial charge in [0, 0.05) is 23.5 Å². The van der Waals surface area contributed by atoms with Crippen LogP contribution in [0.1, 0.15) is 23.0 Å². The first kappa shape index (κ1) is 17.1. The third kappa shape index (κ3) is 3.26. The number of hydrogen-bond donors (Lipinski definition) is 1. The van der Waals surface area contributed by atoms with E-state index in [1.807, 2.05) is 31.2 Å². The molecular formula is C21H17F2N3O. The van der Waals surface area contributed by atoms with Crippen molar-refractivity contribution in [2.45, 2.75) is 19.4 Å². The second-order valence-electron chi connectivity index (χ2n) is 6.54. The maximum absolute atomic E-state index is 13.3. The highest BCUT2D eigenvalue weighted by Crippen LogP contribution is 2.33. The van der Waals surface area contributed by atoms with Gasteiger partial charge in [-0.05, 0) is 49.2 Å². The highest BCUT2D eigenvalue weighted by atomic mass is 19.2. The Labute approximate surface area is 155 Å². The summed E-state index contributed by atoms with van der Waals surface area (Å²) in [5.41, 5.74) is 3.37. The summed E-state index contributed by atoms with van der Waals surface area (Å²) in [4.78, 5) is 18.9. The molecule has 27 heavy (non-hydrogen) atoms. The van der Waals surface area contributed by atoms with Crippen molar-refractivity contribution in [1.29, 1.82) is 0 Å². The minimum absolute atomic E-state index is 0.0664. The number of anilines is 3. The van der Waals surface area contributed by atoms with Crippen LogP contribution in [0, 0.1) is 11.6 Å². The lowest BCUT2D eigenvalue weighted by molar-refractivity contribution is 0.0976. The summed E-state index contributed by atoms with van der Waals surface area (Å²) in [6.07, 6.45) is 2.32. The Morgan fingerprint density at radius 1 is 1.07 bits per heavy atom. The number of hydrogen-bond acceptors (Lipinski definition) is 3. The Kier molecular flexibility index (Phi) is 4.32. The van der Waals surface area contributed by atoms with E-state index in [2.05, 4.69) is 10.3 Å². The highest BCUT2D eigenvalue weighted by Gasteiger charge is 2.31. The van der Waals surface area contributed by atoms with Crippen LogP contribution in [-0.2, 0) is 6.42 Å². The zero-order valence-corrected chi connectivity index (χ0v) is 14.6. The quantitative estimate of drug-likeness (QED) is 0.732. The van der Waals surface area contributed by atoms with E-state index in [9.17, 15) is 13.6 Å². The third-order valence-electron chi connectivity index (χ3n) is 4.62. The lowest BCUT2D eigenvalue weighted by Crippen LogP contribution is -2.36. The molecule has 1 unspecified atom stereocenters. The van der Waals surface area contributed by atoms with Gasteiger partial charge in [-0.25, -0.2) is 13.8 Å². The second-order valence-corrected chi connectivity index (χ2v) is 6.54. The Morgan fingerprint density at radius 2 is 1.85 bits per heavy atom. The van der Waals surface area contributed by atoms with Gasteiger partial charge in [0.25, 0.3) is 5.91 Å². The van der Waals surface area contributed by atoms with Crippen molar-refractivity contribution in [3.05, 3.63) is 83.7 Å². The van der Waals surface area contributed by atoms with E-state index in [4.69, 9.17) is 0 Å². The Hall–Kier alpha value is -3.28. The van der Waals surface area contributed by atoms with Gasteiger partial charge in [0.1, 0.15) is 5.69 Å². The van der Waals surface area contributed by atoms with E-state index in [0.29, 0.717) is 17.1 Å².